The van der Waals surface area contributed by atoms with Gasteiger partial charge in [-0.25, -0.2) is 0 Å². The number of nitrogens with one attached hydrogen (secondary N) is 1. The number of hydrogen-bond donors (Lipinski definition) is 1. The fourth-order valence-electron chi connectivity index (χ4n) is 2.38. The van der Waals surface area contributed by atoms with Gasteiger partial charge in [0, 0.05) is 6.54 Å². The molecule has 0 aliphatic heterocycles. The van der Waals surface area contributed by atoms with E-state index < -0.39 is 0 Å². The van der Waals surface area contributed by atoms with Crippen LogP contribution in [-0.2, 0) is 0 Å². The molecule has 94 valence electrons. The Hall–Kier alpha value is -1.32. The minimum absolute atomic E-state index is 0.0672. The van der Waals surface area contributed by atoms with Crippen LogP contribution >= 0.6 is 0 Å². The molecule has 4 nitrogen and oxygen atoms in total. The van der Waals surface area contributed by atoms with E-state index in [1.807, 2.05) is 0 Å². The quantitative estimate of drug-likeness (QED) is 0.877. The first kappa shape index (κ1) is 12.1. The van der Waals surface area contributed by atoms with Gasteiger partial charge < -0.3 is 9.84 Å². The van der Waals surface area contributed by atoms with Crippen molar-refractivity contribution in [1.29, 1.82) is 0 Å². The van der Waals surface area contributed by atoms with E-state index in [4.69, 9.17) is 4.52 Å². The number of aromatic nitrogens is 1. The van der Waals surface area contributed by atoms with Gasteiger partial charge >= 0.3 is 0 Å². The van der Waals surface area contributed by atoms with E-state index >= 15 is 0 Å². The van der Waals surface area contributed by atoms with Gasteiger partial charge in [0.25, 0.3) is 5.91 Å². The van der Waals surface area contributed by atoms with Crippen LogP contribution in [0, 0.1) is 18.8 Å². The molecule has 1 heterocycles. The van der Waals surface area contributed by atoms with Crippen molar-refractivity contribution < 1.29 is 9.32 Å². The normalized spacial score (nSPS) is 24.6. The third kappa shape index (κ3) is 3.08. The summed E-state index contributed by atoms with van der Waals surface area (Å²) in [4.78, 5) is 11.8. The van der Waals surface area contributed by atoms with Gasteiger partial charge in [0.1, 0.15) is 11.8 Å². The Bertz CT molecular complexity index is 379. The number of nitrogens with zero attached hydrogens (tertiary/aromatic N) is 1. The fourth-order valence-corrected chi connectivity index (χ4v) is 2.38. The Kier molecular flexibility index (Phi) is 3.82. The van der Waals surface area contributed by atoms with Gasteiger partial charge in [0.05, 0.1) is 5.69 Å². The number of amides is 1. The van der Waals surface area contributed by atoms with Crippen molar-refractivity contribution in [3.63, 3.8) is 0 Å². The Labute approximate surface area is 102 Å². The van der Waals surface area contributed by atoms with Crippen LogP contribution in [0.4, 0.5) is 0 Å². The van der Waals surface area contributed by atoms with Gasteiger partial charge in [-0.3, -0.25) is 4.79 Å². The zero-order chi connectivity index (χ0) is 12.3. The summed E-state index contributed by atoms with van der Waals surface area (Å²) in [6.07, 6.45) is 6.43. The second-order valence-corrected chi connectivity index (χ2v) is 5.15. The first-order valence-electron chi connectivity index (χ1n) is 6.36. The standard InChI is InChI=1S/C13H20N2O2/c1-9-3-5-11(6-4-9)7-14-13(16)12-8-17-15-10(12)2/h8-9,11H,3-7H2,1-2H3,(H,14,16)/t9-,11-. The molecule has 1 aliphatic rings. The topological polar surface area (TPSA) is 55.1 Å². The molecule has 0 radical (unpaired) electrons. The van der Waals surface area contributed by atoms with E-state index in [1.165, 1.54) is 31.9 Å². The summed E-state index contributed by atoms with van der Waals surface area (Å²) >= 11 is 0. The Morgan fingerprint density at radius 1 is 1.47 bits per heavy atom. The Balaban J connectivity index is 1.79. The molecule has 4 heteroatoms. The van der Waals surface area contributed by atoms with Gasteiger partial charge in [-0.15, -0.1) is 0 Å². The predicted molar refractivity (Wildman–Crippen MR) is 64.7 cm³/mol. The van der Waals surface area contributed by atoms with Crippen LogP contribution in [0.2, 0.25) is 0 Å². The molecule has 1 aliphatic carbocycles. The van der Waals surface area contributed by atoms with Crippen LogP contribution in [0.3, 0.4) is 0 Å². The van der Waals surface area contributed by atoms with Crippen molar-refractivity contribution >= 4 is 5.91 Å². The number of carbonyl (C=O) groups is 1. The van der Waals surface area contributed by atoms with Crippen molar-refractivity contribution in [2.24, 2.45) is 11.8 Å². The number of hydrogen-bond acceptors (Lipinski definition) is 3. The highest BCUT2D eigenvalue weighted by Crippen LogP contribution is 2.27. The smallest absolute Gasteiger partial charge is 0.256 e. The SMILES string of the molecule is Cc1nocc1C(=O)NC[C@H]1CC[C@H](C)CC1. The summed E-state index contributed by atoms with van der Waals surface area (Å²) < 4.78 is 4.76. The Morgan fingerprint density at radius 2 is 2.18 bits per heavy atom. The summed E-state index contributed by atoms with van der Waals surface area (Å²) in [5, 5.41) is 6.68. The molecule has 0 aromatic carbocycles. The molecule has 17 heavy (non-hydrogen) atoms. The van der Waals surface area contributed by atoms with E-state index in [0.717, 1.165) is 12.5 Å². The van der Waals surface area contributed by atoms with Crippen LogP contribution in [0.1, 0.15) is 48.7 Å². The maximum Gasteiger partial charge on any atom is 0.256 e. The Morgan fingerprint density at radius 3 is 2.76 bits per heavy atom. The molecular formula is C13H20N2O2. The highest BCUT2D eigenvalue weighted by Gasteiger charge is 2.19. The van der Waals surface area contributed by atoms with E-state index in [9.17, 15) is 4.79 Å². The highest BCUT2D eigenvalue weighted by atomic mass is 16.5. The minimum atomic E-state index is -0.0672. The van der Waals surface area contributed by atoms with Crippen LogP contribution in [0.25, 0.3) is 0 Å². The number of aryl methyl sites for hydroxylation is 1. The third-order valence-corrected chi connectivity index (χ3v) is 3.68. The summed E-state index contributed by atoms with van der Waals surface area (Å²) in [7, 11) is 0. The monoisotopic (exact) mass is 236 g/mol. The molecule has 1 aromatic heterocycles. The first-order chi connectivity index (χ1) is 8.16. The predicted octanol–water partition coefficient (Wildman–Crippen LogP) is 2.54. The second kappa shape index (κ2) is 5.34. The summed E-state index contributed by atoms with van der Waals surface area (Å²) in [5.74, 6) is 1.42. The number of rotatable bonds is 3. The average molecular weight is 236 g/mol. The van der Waals surface area contributed by atoms with Crippen molar-refractivity contribution in [1.82, 2.24) is 10.5 Å². The average Bonchev–Trinajstić information content (AvgIpc) is 2.74. The van der Waals surface area contributed by atoms with Gasteiger partial charge in [0.2, 0.25) is 0 Å². The van der Waals surface area contributed by atoms with E-state index in [-0.39, 0.29) is 5.91 Å². The molecule has 2 rings (SSSR count). The minimum Gasteiger partial charge on any atom is -0.364 e. The fraction of sp³-hybridized carbons (Fsp3) is 0.692. The molecule has 1 fully saturated rings. The third-order valence-electron chi connectivity index (χ3n) is 3.68. The maximum absolute atomic E-state index is 11.8. The molecule has 0 unspecified atom stereocenters. The van der Waals surface area contributed by atoms with E-state index in [1.54, 1.807) is 6.92 Å². The molecule has 0 spiro atoms. The van der Waals surface area contributed by atoms with Gasteiger partial charge in [-0.05, 0) is 31.6 Å². The van der Waals surface area contributed by atoms with Crippen molar-refractivity contribution in [2.45, 2.75) is 39.5 Å². The summed E-state index contributed by atoms with van der Waals surface area (Å²) in [6.45, 7) is 4.85. The van der Waals surface area contributed by atoms with Gasteiger partial charge in [-0.2, -0.15) is 0 Å². The lowest BCUT2D eigenvalue weighted by Crippen LogP contribution is -2.31. The van der Waals surface area contributed by atoms with Gasteiger partial charge in [0.15, 0.2) is 0 Å². The van der Waals surface area contributed by atoms with Crippen LogP contribution in [-0.4, -0.2) is 17.6 Å². The molecule has 0 bridgehead atoms. The van der Waals surface area contributed by atoms with Crippen LogP contribution in [0.5, 0.6) is 0 Å². The van der Waals surface area contributed by atoms with Crippen molar-refractivity contribution in [3.05, 3.63) is 17.5 Å². The van der Waals surface area contributed by atoms with Crippen LogP contribution < -0.4 is 5.32 Å². The number of carbonyl (C=O) groups excluding carboxylic acids is 1. The summed E-state index contributed by atoms with van der Waals surface area (Å²) in [5.41, 5.74) is 1.20. The lowest BCUT2D eigenvalue weighted by Gasteiger charge is -2.26. The molecule has 1 aromatic rings. The van der Waals surface area contributed by atoms with E-state index in [2.05, 4.69) is 17.4 Å². The molecular weight excluding hydrogens is 216 g/mol. The lowest BCUT2D eigenvalue weighted by atomic mass is 9.83. The maximum atomic E-state index is 11.8. The molecule has 0 atom stereocenters. The lowest BCUT2D eigenvalue weighted by molar-refractivity contribution is 0.0940. The first-order valence-corrected chi connectivity index (χ1v) is 6.36. The second-order valence-electron chi connectivity index (χ2n) is 5.15. The van der Waals surface area contributed by atoms with Crippen molar-refractivity contribution in [3.8, 4) is 0 Å². The molecule has 0 saturated heterocycles. The molecule has 1 N–H and O–H groups in total. The summed E-state index contributed by atoms with van der Waals surface area (Å²) in [6, 6.07) is 0. The zero-order valence-electron chi connectivity index (χ0n) is 10.5. The van der Waals surface area contributed by atoms with Gasteiger partial charge in [-0.1, -0.05) is 24.9 Å². The molecule has 1 saturated carbocycles. The van der Waals surface area contributed by atoms with E-state index in [0.29, 0.717) is 17.2 Å². The zero-order valence-corrected chi connectivity index (χ0v) is 10.5. The molecule has 1 amide bonds. The highest BCUT2D eigenvalue weighted by molar-refractivity contribution is 5.94. The van der Waals surface area contributed by atoms with Crippen molar-refractivity contribution in [2.75, 3.05) is 6.54 Å². The van der Waals surface area contributed by atoms with Crippen LogP contribution in [0.15, 0.2) is 10.8 Å². The largest absolute Gasteiger partial charge is 0.364 e.